The molecule has 0 N–H and O–H groups in total. The molecule has 2 rings (SSSR count). The lowest BCUT2D eigenvalue weighted by molar-refractivity contribution is 0.0557. The molecule has 0 aliphatic heterocycles. The second-order valence-electron chi connectivity index (χ2n) is 5.09. The Labute approximate surface area is 139 Å². The molecule has 24 heavy (non-hydrogen) atoms. The molecule has 0 fully saturated rings. The fourth-order valence-electron chi connectivity index (χ4n) is 2.27. The van der Waals surface area contributed by atoms with E-state index in [9.17, 15) is 9.59 Å². The van der Waals surface area contributed by atoms with Gasteiger partial charge in [0.25, 0.3) is 0 Å². The summed E-state index contributed by atoms with van der Waals surface area (Å²) in [5.74, 6) is -0.256. The van der Waals surface area contributed by atoms with Crippen molar-refractivity contribution in [2.75, 3.05) is 40.3 Å². The number of carbonyl (C=O) groups excluding carboxylic acids is 2. The summed E-state index contributed by atoms with van der Waals surface area (Å²) in [5.41, 5.74) is 0.660. The second-order valence-corrected chi connectivity index (χ2v) is 5.09. The summed E-state index contributed by atoms with van der Waals surface area (Å²) in [6.45, 7) is 0. The SMILES string of the molecule is COC(=O)c1c(-c2ccc(OC)cc2)oc(N(C)C)c1C(=O)OC. The normalized spacial score (nSPS) is 10.2. The zero-order chi connectivity index (χ0) is 17.9. The molecule has 7 nitrogen and oxygen atoms in total. The number of rotatable bonds is 5. The number of benzene rings is 1. The Hall–Kier alpha value is -2.96. The molecular weight excluding hydrogens is 314 g/mol. The van der Waals surface area contributed by atoms with Crippen LogP contribution in [-0.4, -0.2) is 47.4 Å². The van der Waals surface area contributed by atoms with Crippen LogP contribution in [0.5, 0.6) is 5.75 Å². The van der Waals surface area contributed by atoms with Crippen molar-refractivity contribution in [1.82, 2.24) is 0 Å². The highest BCUT2D eigenvalue weighted by Gasteiger charge is 2.33. The number of anilines is 1. The number of hydrogen-bond acceptors (Lipinski definition) is 7. The molecule has 0 aliphatic rings. The minimum atomic E-state index is -0.682. The van der Waals surface area contributed by atoms with Gasteiger partial charge in [0.05, 0.1) is 21.3 Å². The fraction of sp³-hybridized carbons (Fsp3) is 0.294. The summed E-state index contributed by atoms with van der Waals surface area (Å²) >= 11 is 0. The molecule has 0 unspecified atom stereocenters. The van der Waals surface area contributed by atoms with E-state index in [4.69, 9.17) is 18.6 Å². The highest BCUT2D eigenvalue weighted by atomic mass is 16.5. The maximum absolute atomic E-state index is 12.3. The number of methoxy groups -OCH3 is 3. The molecule has 0 saturated carbocycles. The quantitative estimate of drug-likeness (QED) is 0.778. The first-order valence-electron chi connectivity index (χ1n) is 7.09. The van der Waals surface area contributed by atoms with Gasteiger partial charge in [-0.2, -0.15) is 0 Å². The van der Waals surface area contributed by atoms with E-state index >= 15 is 0 Å². The van der Waals surface area contributed by atoms with Gasteiger partial charge in [-0.05, 0) is 24.3 Å². The summed E-state index contributed by atoms with van der Waals surface area (Å²) in [5, 5.41) is 0. The third-order valence-corrected chi connectivity index (χ3v) is 3.43. The summed E-state index contributed by atoms with van der Waals surface area (Å²) in [4.78, 5) is 26.1. The van der Waals surface area contributed by atoms with E-state index in [-0.39, 0.29) is 22.8 Å². The van der Waals surface area contributed by atoms with Gasteiger partial charge in [0.2, 0.25) is 5.88 Å². The summed E-state index contributed by atoms with van der Waals surface area (Å²) in [6.07, 6.45) is 0. The number of hydrogen-bond donors (Lipinski definition) is 0. The van der Waals surface area contributed by atoms with Crippen LogP contribution in [0.4, 0.5) is 5.88 Å². The topological polar surface area (TPSA) is 78.2 Å². The molecular formula is C17H19NO6. The molecule has 0 saturated heterocycles. The summed E-state index contributed by atoms with van der Waals surface area (Å²) in [6, 6.07) is 6.91. The maximum atomic E-state index is 12.3. The van der Waals surface area contributed by atoms with Crippen molar-refractivity contribution in [3.05, 3.63) is 35.4 Å². The van der Waals surface area contributed by atoms with E-state index in [1.54, 1.807) is 50.4 Å². The molecule has 0 atom stereocenters. The lowest BCUT2D eigenvalue weighted by atomic mass is 10.0. The first-order valence-corrected chi connectivity index (χ1v) is 7.09. The van der Waals surface area contributed by atoms with Gasteiger partial charge in [-0.1, -0.05) is 0 Å². The number of furan rings is 1. The number of esters is 2. The maximum Gasteiger partial charge on any atom is 0.344 e. The lowest BCUT2D eigenvalue weighted by Gasteiger charge is -2.10. The van der Waals surface area contributed by atoms with E-state index in [0.29, 0.717) is 11.3 Å². The Kier molecular flexibility index (Phi) is 5.13. The predicted octanol–water partition coefficient (Wildman–Crippen LogP) is 2.59. The van der Waals surface area contributed by atoms with Crippen molar-refractivity contribution in [2.45, 2.75) is 0 Å². The molecule has 0 spiro atoms. The largest absolute Gasteiger partial charge is 0.497 e. The number of carbonyl (C=O) groups is 2. The first kappa shape index (κ1) is 17.4. The molecule has 7 heteroatoms. The van der Waals surface area contributed by atoms with Crippen LogP contribution in [0.3, 0.4) is 0 Å². The standard InChI is InChI=1S/C17H19NO6/c1-18(2)15-13(17(20)23-5)12(16(19)22-4)14(24-15)10-6-8-11(21-3)9-7-10/h6-9H,1-5H3. The van der Waals surface area contributed by atoms with Gasteiger partial charge < -0.3 is 23.5 Å². The minimum absolute atomic E-state index is 0.0261. The van der Waals surface area contributed by atoms with Crippen LogP contribution in [0, 0.1) is 0 Å². The summed E-state index contributed by atoms with van der Waals surface area (Å²) < 4.78 is 20.5. The Morgan fingerprint density at radius 3 is 1.92 bits per heavy atom. The third-order valence-electron chi connectivity index (χ3n) is 3.43. The molecule has 1 aromatic carbocycles. The molecule has 1 heterocycles. The fourth-order valence-corrected chi connectivity index (χ4v) is 2.27. The Balaban J connectivity index is 2.73. The van der Waals surface area contributed by atoms with Gasteiger partial charge in [-0.15, -0.1) is 0 Å². The van der Waals surface area contributed by atoms with E-state index < -0.39 is 11.9 Å². The lowest BCUT2D eigenvalue weighted by Crippen LogP contribution is -2.16. The van der Waals surface area contributed by atoms with Crippen LogP contribution >= 0.6 is 0 Å². The molecule has 0 amide bonds. The Morgan fingerprint density at radius 2 is 1.46 bits per heavy atom. The predicted molar refractivity (Wildman–Crippen MR) is 87.7 cm³/mol. The van der Waals surface area contributed by atoms with Gasteiger partial charge >= 0.3 is 11.9 Å². The second kappa shape index (κ2) is 7.08. The van der Waals surface area contributed by atoms with Gasteiger partial charge in [0.15, 0.2) is 5.76 Å². The third kappa shape index (κ3) is 3.05. The van der Waals surface area contributed by atoms with E-state index in [2.05, 4.69) is 0 Å². The zero-order valence-electron chi connectivity index (χ0n) is 14.2. The monoisotopic (exact) mass is 333 g/mol. The van der Waals surface area contributed by atoms with Gasteiger partial charge in [0.1, 0.15) is 16.9 Å². The van der Waals surface area contributed by atoms with Crippen LogP contribution in [-0.2, 0) is 9.47 Å². The van der Waals surface area contributed by atoms with Crippen molar-refractivity contribution in [1.29, 1.82) is 0 Å². The van der Waals surface area contributed by atoms with Crippen LogP contribution in [0.1, 0.15) is 20.7 Å². The molecule has 0 bridgehead atoms. The van der Waals surface area contributed by atoms with Gasteiger partial charge in [-0.25, -0.2) is 9.59 Å². The number of nitrogens with zero attached hydrogens (tertiary/aromatic N) is 1. The Morgan fingerprint density at radius 1 is 0.917 bits per heavy atom. The smallest absolute Gasteiger partial charge is 0.344 e. The van der Waals surface area contributed by atoms with Crippen LogP contribution < -0.4 is 9.64 Å². The Bertz CT molecular complexity index is 745. The van der Waals surface area contributed by atoms with Crippen LogP contribution in [0.2, 0.25) is 0 Å². The van der Waals surface area contributed by atoms with E-state index in [1.807, 2.05) is 0 Å². The highest BCUT2D eigenvalue weighted by Crippen LogP contribution is 2.37. The first-order chi connectivity index (χ1) is 11.4. The van der Waals surface area contributed by atoms with Gasteiger partial charge in [0, 0.05) is 19.7 Å². The van der Waals surface area contributed by atoms with Crippen LogP contribution in [0.15, 0.2) is 28.7 Å². The molecule has 0 aliphatic carbocycles. The average molecular weight is 333 g/mol. The van der Waals surface area contributed by atoms with Crippen molar-refractivity contribution in [2.24, 2.45) is 0 Å². The van der Waals surface area contributed by atoms with Crippen LogP contribution in [0.25, 0.3) is 11.3 Å². The van der Waals surface area contributed by atoms with Gasteiger partial charge in [-0.3, -0.25) is 0 Å². The molecule has 128 valence electrons. The summed E-state index contributed by atoms with van der Waals surface area (Å²) in [7, 11) is 7.43. The van der Waals surface area contributed by atoms with Crippen molar-refractivity contribution in [3.8, 4) is 17.1 Å². The minimum Gasteiger partial charge on any atom is -0.497 e. The molecule has 0 radical (unpaired) electrons. The average Bonchev–Trinajstić information content (AvgIpc) is 3.01. The highest BCUT2D eigenvalue weighted by molar-refractivity contribution is 6.10. The van der Waals surface area contributed by atoms with Crippen molar-refractivity contribution in [3.63, 3.8) is 0 Å². The van der Waals surface area contributed by atoms with Crippen molar-refractivity contribution >= 4 is 17.8 Å². The zero-order valence-corrected chi connectivity index (χ0v) is 14.2. The number of ether oxygens (including phenoxy) is 3. The van der Waals surface area contributed by atoms with Crippen molar-refractivity contribution < 1.29 is 28.2 Å². The molecule has 2 aromatic rings. The van der Waals surface area contributed by atoms with E-state index in [1.165, 1.54) is 14.2 Å². The van der Waals surface area contributed by atoms with E-state index in [0.717, 1.165) is 0 Å². The molecule has 1 aromatic heterocycles.